The Morgan fingerprint density at radius 2 is 1.91 bits per heavy atom. The summed E-state index contributed by atoms with van der Waals surface area (Å²) in [5.74, 6) is 1.24. The number of likely N-dealkylation sites (N-methyl/N-ethyl adjacent to an activating group) is 1. The van der Waals surface area contributed by atoms with Crippen LogP contribution in [0.4, 0.5) is 0 Å². The number of rotatable bonds is 6. The summed E-state index contributed by atoms with van der Waals surface area (Å²) < 4.78 is 13.0. The lowest BCUT2D eigenvalue weighted by atomic mass is 9.83. The van der Waals surface area contributed by atoms with E-state index in [-0.39, 0.29) is 11.9 Å². The summed E-state index contributed by atoms with van der Waals surface area (Å²) in [5.41, 5.74) is 1.23. The standard InChI is InChI=1S/C24H34ClN5O3/c1-28(2)23(31)21-14-30(20(15-33-21)13-16-5-9-18(25)10-6-16)19-11-7-17(8-12-19)22-26-24(32-4)29(3)27-22/h5-6,9-10,17,19-21H,7-8,11-15H2,1-4H3/t17?,19?,20-,21+/m0/s1. The average Bonchev–Trinajstić information content (AvgIpc) is 3.21. The largest absolute Gasteiger partial charge is 0.467 e. The second-order valence-corrected chi connectivity index (χ2v) is 9.76. The van der Waals surface area contributed by atoms with Crippen LogP contribution in [0, 0.1) is 0 Å². The third-order valence-corrected chi connectivity index (χ3v) is 7.14. The van der Waals surface area contributed by atoms with Crippen LogP contribution < -0.4 is 4.74 Å². The molecule has 0 spiro atoms. The Morgan fingerprint density at radius 3 is 2.52 bits per heavy atom. The molecule has 1 amide bonds. The Balaban J connectivity index is 1.46. The molecule has 180 valence electrons. The number of carbonyl (C=O) groups is 1. The van der Waals surface area contributed by atoms with Crippen LogP contribution in [-0.4, -0.2) is 83.0 Å². The van der Waals surface area contributed by atoms with Gasteiger partial charge in [0, 0.05) is 50.7 Å². The highest BCUT2D eigenvalue weighted by molar-refractivity contribution is 6.30. The van der Waals surface area contributed by atoms with Gasteiger partial charge in [-0.05, 0) is 49.8 Å². The first-order valence-electron chi connectivity index (χ1n) is 11.6. The molecule has 2 fully saturated rings. The van der Waals surface area contributed by atoms with Gasteiger partial charge < -0.3 is 14.4 Å². The number of halogens is 1. The van der Waals surface area contributed by atoms with Gasteiger partial charge in [-0.25, -0.2) is 4.68 Å². The quantitative estimate of drug-likeness (QED) is 0.639. The zero-order chi connectivity index (χ0) is 23.5. The maximum Gasteiger partial charge on any atom is 0.314 e. The van der Waals surface area contributed by atoms with Gasteiger partial charge in [0.15, 0.2) is 5.82 Å². The number of methoxy groups -OCH3 is 1. The molecule has 9 heteroatoms. The second-order valence-electron chi connectivity index (χ2n) is 9.32. The van der Waals surface area contributed by atoms with Crippen LogP contribution in [0.3, 0.4) is 0 Å². The topological polar surface area (TPSA) is 72.7 Å². The highest BCUT2D eigenvalue weighted by atomic mass is 35.5. The average molecular weight is 476 g/mol. The maximum absolute atomic E-state index is 12.7. The highest BCUT2D eigenvalue weighted by Crippen LogP contribution is 2.36. The second kappa shape index (κ2) is 10.4. The van der Waals surface area contributed by atoms with Crippen LogP contribution in [0.2, 0.25) is 5.02 Å². The van der Waals surface area contributed by atoms with Gasteiger partial charge in [-0.2, -0.15) is 10.1 Å². The van der Waals surface area contributed by atoms with Crippen molar-refractivity contribution in [2.75, 3.05) is 34.4 Å². The van der Waals surface area contributed by atoms with Gasteiger partial charge >= 0.3 is 6.01 Å². The fourth-order valence-corrected chi connectivity index (χ4v) is 5.20. The van der Waals surface area contributed by atoms with Crippen LogP contribution in [0.25, 0.3) is 0 Å². The molecule has 2 aromatic rings. The van der Waals surface area contributed by atoms with E-state index >= 15 is 0 Å². The minimum Gasteiger partial charge on any atom is -0.467 e. The molecule has 8 nitrogen and oxygen atoms in total. The lowest BCUT2D eigenvalue weighted by Gasteiger charge is -2.46. The van der Waals surface area contributed by atoms with Gasteiger partial charge in [0.25, 0.3) is 5.91 Å². The monoisotopic (exact) mass is 475 g/mol. The first-order valence-corrected chi connectivity index (χ1v) is 12.0. The number of morpholine rings is 1. The SMILES string of the molecule is COc1nc(C2CCC(N3C[C@H](C(=O)N(C)C)OC[C@@H]3Cc3ccc(Cl)cc3)CC2)nn1C. The van der Waals surface area contributed by atoms with Crippen molar-refractivity contribution in [2.45, 2.75) is 56.2 Å². The number of ether oxygens (including phenoxy) is 2. The number of aromatic nitrogens is 3. The summed E-state index contributed by atoms with van der Waals surface area (Å²) in [6.07, 6.45) is 4.60. The number of benzene rings is 1. The van der Waals surface area contributed by atoms with Gasteiger partial charge in [0.2, 0.25) is 0 Å². The molecule has 0 unspecified atom stereocenters. The van der Waals surface area contributed by atoms with Crippen molar-refractivity contribution < 1.29 is 14.3 Å². The summed E-state index contributed by atoms with van der Waals surface area (Å²) >= 11 is 6.08. The van der Waals surface area contributed by atoms with E-state index in [1.807, 2.05) is 19.2 Å². The Morgan fingerprint density at radius 1 is 1.21 bits per heavy atom. The third kappa shape index (κ3) is 5.50. The molecule has 1 aromatic heterocycles. The van der Waals surface area contributed by atoms with Crippen molar-refractivity contribution in [3.05, 3.63) is 40.7 Å². The maximum atomic E-state index is 12.7. The van der Waals surface area contributed by atoms with Crippen molar-refractivity contribution >= 4 is 17.5 Å². The van der Waals surface area contributed by atoms with E-state index in [4.69, 9.17) is 21.1 Å². The fourth-order valence-electron chi connectivity index (χ4n) is 5.08. The smallest absolute Gasteiger partial charge is 0.314 e. The Hall–Kier alpha value is -2.16. The van der Waals surface area contributed by atoms with Crippen molar-refractivity contribution in [1.82, 2.24) is 24.6 Å². The molecule has 0 radical (unpaired) electrons. The molecule has 33 heavy (non-hydrogen) atoms. The molecule has 1 aromatic carbocycles. The predicted octanol–water partition coefficient (Wildman–Crippen LogP) is 2.90. The fraction of sp³-hybridized carbons (Fsp3) is 0.625. The number of hydrogen-bond donors (Lipinski definition) is 0. The molecule has 1 saturated carbocycles. The van der Waals surface area contributed by atoms with E-state index in [1.165, 1.54) is 5.56 Å². The molecule has 0 bridgehead atoms. The normalized spacial score (nSPS) is 26.2. The van der Waals surface area contributed by atoms with Crippen molar-refractivity contribution in [3.8, 4) is 6.01 Å². The van der Waals surface area contributed by atoms with Crippen LogP contribution >= 0.6 is 11.6 Å². The molecule has 2 aliphatic rings. The van der Waals surface area contributed by atoms with Crippen LogP contribution in [0.15, 0.2) is 24.3 Å². The van der Waals surface area contributed by atoms with Gasteiger partial charge in [-0.15, -0.1) is 0 Å². The number of carbonyl (C=O) groups excluding carboxylic acids is 1. The highest BCUT2D eigenvalue weighted by Gasteiger charge is 2.39. The number of aryl methyl sites for hydroxylation is 1. The van der Waals surface area contributed by atoms with Crippen LogP contribution in [0.1, 0.15) is 43.0 Å². The molecule has 1 saturated heterocycles. The van der Waals surface area contributed by atoms with Crippen molar-refractivity contribution in [1.29, 1.82) is 0 Å². The van der Waals surface area contributed by atoms with Crippen molar-refractivity contribution in [2.24, 2.45) is 7.05 Å². The summed E-state index contributed by atoms with van der Waals surface area (Å²) in [4.78, 5) is 21.4. The van der Waals surface area contributed by atoms with Gasteiger partial charge in [0.1, 0.15) is 6.10 Å². The molecule has 2 atom stereocenters. The number of hydrogen-bond acceptors (Lipinski definition) is 6. The molecule has 1 aliphatic heterocycles. The summed E-state index contributed by atoms with van der Waals surface area (Å²) in [6.45, 7) is 1.17. The van der Waals surface area contributed by atoms with E-state index in [0.29, 0.717) is 31.1 Å². The lowest BCUT2D eigenvalue weighted by molar-refractivity contribution is -0.153. The number of amides is 1. The van der Waals surface area contributed by atoms with E-state index in [9.17, 15) is 4.79 Å². The first kappa shape index (κ1) is 24.0. The van der Waals surface area contributed by atoms with Gasteiger partial charge in [0.05, 0.1) is 13.7 Å². The molecular weight excluding hydrogens is 442 g/mol. The van der Waals surface area contributed by atoms with Crippen LogP contribution in [-0.2, 0) is 23.0 Å². The molecule has 2 heterocycles. The van der Waals surface area contributed by atoms with E-state index in [2.05, 4.69) is 27.1 Å². The van der Waals surface area contributed by atoms with E-state index in [1.54, 1.807) is 30.8 Å². The van der Waals surface area contributed by atoms with Gasteiger partial charge in [-0.3, -0.25) is 9.69 Å². The number of nitrogens with zero attached hydrogens (tertiary/aromatic N) is 5. The van der Waals surface area contributed by atoms with Crippen molar-refractivity contribution in [3.63, 3.8) is 0 Å². The van der Waals surface area contributed by atoms with Gasteiger partial charge in [-0.1, -0.05) is 23.7 Å². The molecule has 1 aliphatic carbocycles. The first-order chi connectivity index (χ1) is 15.9. The third-order valence-electron chi connectivity index (χ3n) is 6.89. The van der Waals surface area contributed by atoms with E-state index < -0.39 is 6.10 Å². The Labute approximate surface area is 200 Å². The lowest BCUT2D eigenvalue weighted by Crippen LogP contribution is -2.58. The molecular formula is C24H34ClN5O3. The van der Waals surface area contributed by atoms with Crippen LogP contribution in [0.5, 0.6) is 6.01 Å². The minimum atomic E-state index is -0.416. The Bertz CT molecular complexity index is 940. The summed E-state index contributed by atoms with van der Waals surface area (Å²) in [6, 6.07) is 9.21. The summed E-state index contributed by atoms with van der Waals surface area (Å²) in [5, 5.41) is 5.30. The van der Waals surface area contributed by atoms with E-state index in [0.717, 1.165) is 43.0 Å². The molecule has 0 N–H and O–H groups in total. The summed E-state index contributed by atoms with van der Waals surface area (Å²) in [7, 11) is 7.05. The zero-order valence-electron chi connectivity index (χ0n) is 19.9. The predicted molar refractivity (Wildman–Crippen MR) is 127 cm³/mol. The minimum absolute atomic E-state index is 0.0309. The zero-order valence-corrected chi connectivity index (χ0v) is 20.7. The Kier molecular flexibility index (Phi) is 7.56. The molecule has 4 rings (SSSR count).